The number of carbonyl (C=O) groups is 2. The number of alkyl carbamates (subject to hydrolysis) is 1. The van der Waals surface area contributed by atoms with Crippen LogP contribution in [0.2, 0.25) is 0 Å². The average molecular weight is 668 g/mol. The van der Waals surface area contributed by atoms with Crippen LogP contribution in [0, 0.1) is 5.82 Å². The van der Waals surface area contributed by atoms with E-state index in [1.54, 1.807) is 25.3 Å². The van der Waals surface area contributed by atoms with Gasteiger partial charge in [-0.25, -0.2) is 9.18 Å². The number of fused-ring (bicyclic) bond motifs is 5. The summed E-state index contributed by atoms with van der Waals surface area (Å²) in [6.45, 7) is 9.13. The molecule has 0 saturated carbocycles. The number of amides is 2. The third-order valence-electron chi connectivity index (χ3n) is 9.48. The average Bonchev–Trinajstić information content (AvgIpc) is 3.82. The highest BCUT2D eigenvalue weighted by Gasteiger charge is 2.34. The van der Waals surface area contributed by atoms with Crippen LogP contribution in [-0.2, 0) is 4.74 Å². The van der Waals surface area contributed by atoms with Crippen molar-refractivity contribution >= 4 is 50.5 Å². The largest absolute Gasteiger partial charge is 0.456 e. The zero-order valence-electron chi connectivity index (χ0n) is 27.7. The Balaban J connectivity index is 1.21. The fraction of sp³-hybridized carbons (Fsp3) is 0.378. The number of anilines is 1. The van der Waals surface area contributed by atoms with E-state index in [9.17, 15) is 14.4 Å². The van der Waals surface area contributed by atoms with Crippen LogP contribution in [0.4, 0.5) is 14.9 Å². The number of rotatable bonds is 6. The van der Waals surface area contributed by atoms with E-state index in [4.69, 9.17) is 13.9 Å². The topological polar surface area (TPSA) is 118 Å². The van der Waals surface area contributed by atoms with Gasteiger partial charge in [-0.1, -0.05) is 18.2 Å². The van der Waals surface area contributed by atoms with Crippen LogP contribution < -0.4 is 20.8 Å². The molecule has 2 amide bonds. The fourth-order valence-electron chi connectivity index (χ4n) is 7.21. The Morgan fingerprint density at radius 1 is 1.02 bits per heavy atom. The van der Waals surface area contributed by atoms with E-state index < -0.39 is 28.8 Å². The lowest BCUT2D eigenvalue weighted by molar-refractivity contribution is 0.0502. The molecule has 1 unspecified atom stereocenters. The number of hydrogen-bond donors (Lipinski definition) is 2. The minimum absolute atomic E-state index is 0.0291. The molecule has 3 aliphatic rings. The Kier molecular flexibility index (Phi) is 7.51. The zero-order chi connectivity index (χ0) is 34.0. The third kappa shape index (κ3) is 5.63. The molecule has 2 aromatic heterocycles. The normalized spacial score (nSPS) is 17.5. The standard InChI is InChI=1S/C37H38FN5O6/c1-37(2,3)49-36(46)40-21-10-14-42(19-21)35(45)25-20-43-27-18-29-23(22-8-4-5-9-28(22)47-29)17-30(27)48-34-31(39-11-15-41-12-6-7-13-41)26(38)16-24(32(34)43)33(25)44/h4-5,8-9,16-18,20-21,39H,6-7,10-15,19H2,1-3H3,(H,40,46). The van der Waals surface area contributed by atoms with Crippen LogP contribution in [-0.4, -0.2) is 77.3 Å². The van der Waals surface area contributed by atoms with Crippen LogP contribution in [0.15, 0.2) is 57.9 Å². The molecule has 0 bridgehead atoms. The van der Waals surface area contributed by atoms with Crippen LogP contribution in [0.3, 0.4) is 0 Å². The molecule has 2 saturated heterocycles. The number of carbonyl (C=O) groups excluding carboxylic acids is 2. The second-order valence-electron chi connectivity index (χ2n) is 14.1. The molecule has 0 aliphatic carbocycles. The summed E-state index contributed by atoms with van der Waals surface area (Å²) in [5.41, 5.74) is 1.02. The van der Waals surface area contributed by atoms with E-state index in [-0.39, 0.29) is 35.0 Å². The van der Waals surface area contributed by atoms with Crippen molar-refractivity contribution in [1.29, 1.82) is 0 Å². The number of nitrogens with zero attached hydrogens (tertiary/aromatic N) is 3. The Morgan fingerprint density at radius 3 is 2.61 bits per heavy atom. The summed E-state index contributed by atoms with van der Waals surface area (Å²) in [5.74, 6) is -0.518. The first-order valence-electron chi connectivity index (χ1n) is 16.8. The Bertz CT molecular complexity index is 2210. The number of aromatic nitrogens is 1. The summed E-state index contributed by atoms with van der Waals surface area (Å²) in [4.78, 5) is 44.3. The molecule has 11 nitrogen and oxygen atoms in total. The maximum absolute atomic E-state index is 16.0. The predicted octanol–water partition coefficient (Wildman–Crippen LogP) is 6.38. The van der Waals surface area contributed by atoms with Gasteiger partial charge < -0.3 is 38.9 Å². The molecular formula is C37H38FN5O6. The number of furan rings is 1. The molecular weight excluding hydrogens is 629 g/mol. The van der Waals surface area contributed by atoms with Crippen LogP contribution in [0.1, 0.15) is 50.4 Å². The summed E-state index contributed by atoms with van der Waals surface area (Å²) in [6.07, 6.45) is 3.76. The van der Waals surface area contributed by atoms with Crippen molar-refractivity contribution in [3.8, 4) is 17.2 Å². The molecule has 3 aromatic carbocycles. The molecule has 3 aliphatic heterocycles. The smallest absolute Gasteiger partial charge is 0.407 e. The number of ether oxygens (including phenoxy) is 2. The molecule has 12 heteroatoms. The monoisotopic (exact) mass is 667 g/mol. The summed E-state index contributed by atoms with van der Waals surface area (Å²) in [6, 6.07) is 12.2. The van der Waals surface area contributed by atoms with E-state index in [1.165, 1.54) is 17.2 Å². The van der Waals surface area contributed by atoms with Crippen molar-refractivity contribution < 1.29 is 27.9 Å². The molecule has 49 heavy (non-hydrogen) atoms. The number of benzene rings is 3. The number of likely N-dealkylation sites (tertiary alicyclic amines) is 2. The molecule has 2 N–H and O–H groups in total. The molecule has 254 valence electrons. The first-order valence-corrected chi connectivity index (χ1v) is 16.8. The summed E-state index contributed by atoms with van der Waals surface area (Å²) < 4.78 is 35.8. The minimum Gasteiger partial charge on any atom is -0.456 e. The van der Waals surface area contributed by atoms with E-state index in [0.29, 0.717) is 47.6 Å². The Labute approximate surface area is 281 Å². The molecule has 1 atom stereocenters. The van der Waals surface area contributed by atoms with Crippen molar-refractivity contribution in [3.05, 3.63) is 70.3 Å². The van der Waals surface area contributed by atoms with E-state index in [1.807, 2.05) is 36.4 Å². The molecule has 8 rings (SSSR count). The Hall–Kier alpha value is -5.10. The first kappa shape index (κ1) is 31.2. The van der Waals surface area contributed by atoms with Crippen molar-refractivity contribution in [2.24, 2.45) is 0 Å². The van der Waals surface area contributed by atoms with Gasteiger partial charge in [0.15, 0.2) is 17.3 Å². The van der Waals surface area contributed by atoms with Crippen molar-refractivity contribution in [2.45, 2.75) is 51.7 Å². The maximum Gasteiger partial charge on any atom is 0.407 e. The van der Waals surface area contributed by atoms with Crippen LogP contribution >= 0.6 is 0 Å². The highest BCUT2D eigenvalue weighted by Crippen LogP contribution is 2.47. The maximum atomic E-state index is 16.0. The van der Waals surface area contributed by atoms with E-state index in [0.717, 1.165) is 43.2 Å². The summed E-state index contributed by atoms with van der Waals surface area (Å²) in [5, 5.41) is 7.83. The van der Waals surface area contributed by atoms with Gasteiger partial charge in [-0.3, -0.25) is 9.59 Å². The van der Waals surface area contributed by atoms with Gasteiger partial charge in [-0.2, -0.15) is 0 Å². The first-order chi connectivity index (χ1) is 23.5. The van der Waals surface area contributed by atoms with Gasteiger partial charge in [-0.05, 0) is 71.3 Å². The second kappa shape index (κ2) is 11.8. The minimum atomic E-state index is -0.662. The summed E-state index contributed by atoms with van der Waals surface area (Å²) >= 11 is 0. The van der Waals surface area contributed by atoms with Gasteiger partial charge in [0.2, 0.25) is 5.43 Å². The number of pyridine rings is 1. The molecule has 0 radical (unpaired) electrons. The molecule has 2 fully saturated rings. The van der Waals surface area contributed by atoms with Gasteiger partial charge in [0.1, 0.15) is 33.5 Å². The van der Waals surface area contributed by atoms with Gasteiger partial charge in [0, 0.05) is 49.2 Å². The van der Waals surface area contributed by atoms with Gasteiger partial charge >= 0.3 is 6.09 Å². The third-order valence-corrected chi connectivity index (χ3v) is 9.48. The fourth-order valence-corrected chi connectivity index (χ4v) is 7.21. The Morgan fingerprint density at radius 2 is 1.82 bits per heavy atom. The van der Waals surface area contributed by atoms with Crippen molar-refractivity contribution in [1.82, 2.24) is 19.7 Å². The highest BCUT2D eigenvalue weighted by atomic mass is 19.1. The van der Waals surface area contributed by atoms with Crippen LogP contribution in [0.5, 0.6) is 11.5 Å². The van der Waals surface area contributed by atoms with Gasteiger partial charge in [-0.15, -0.1) is 0 Å². The van der Waals surface area contributed by atoms with E-state index >= 15 is 4.39 Å². The molecule has 5 heterocycles. The predicted molar refractivity (Wildman–Crippen MR) is 185 cm³/mol. The van der Waals surface area contributed by atoms with Crippen molar-refractivity contribution in [3.63, 3.8) is 0 Å². The number of nitrogens with one attached hydrogen (secondary N) is 2. The number of hydrogen-bond acceptors (Lipinski definition) is 8. The lowest BCUT2D eigenvalue weighted by Gasteiger charge is -2.27. The van der Waals surface area contributed by atoms with Gasteiger partial charge in [0.05, 0.1) is 17.1 Å². The lowest BCUT2D eigenvalue weighted by atomic mass is 10.0. The van der Waals surface area contributed by atoms with Crippen LogP contribution in [0.25, 0.3) is 38.5 Å². The SMILES string of the molecule is CC(C)(C)OC(=O)NC1CCN(C(=O)c2cn3c4c(c(NCCN5CCCC5)c(F)cc4c2=O)Oc2cc4c(cc2-3)oc2ccccc24)C1. The van der Waals surface area contributed by atoms with Crippen molar-refractivity contribution in [2.75, 3.05) is 44.6 Å². The quantitative estimate of drug-likeness (QED) is 0.210. The van der Waals surface area contributed by atoms with Gasteiger partial charge in [0.25, 0.3) is 5.91 Å². The lowest BCUT2D eigenvalue weighted by Crippen LogP contribution is -2.41. The highest BCUT2D eigenvalue weighted by molar-refractivity contribution is 6.07. The van der Waals surface area contributed by atoms with E-state index in [2.05, 4.69) is 15.5 Å². The number of para-hydroxylation sites is 1. The number of halogens is 1. The second-order valence-corrected chi connectivity index (χ2v) is 14.1. The zero-order valence-corrected chi connectivity index (χ0v) is 27.7. The molecule has 0 spiro atoms. The summed E-state index contributed by atoms with van der Waals surface area (Å²) in [7, 11) is 0. The molecule has 5 aromatic rings.